The third kappa shape index (κ3) is 9.66. The van der Waals surface area contributed by atoms with Crippen LogP contribution >= 0.6 is 23.2 Å². The number of carbonyl (C=O) groups is 2. The molecule has 2 atom stereocenters. The van der Waals surface area contributed by atoms with Crippen LogP contribution in [0.4, 0.5) is 5.95 Å². The summed E-state index contributed by atoms with van der Waals surface area (Å²) in [5, 5.41) is 14.0. The van der Waals surface area contributed by atoms with Crippen molar-refractivity contribution in [2.45, 2.75) is 86.7 Å². The van der Waals surface area contributed by atoms with Gasteiger partial charge in [-0.25, -0.2) is 41.7 Å². The fourth-order valence-electron chi connectivity index (χ4n) is 8.23. The van der Waals surface area contributed by atoms with Crippen LogP contribution in [0.3, 0.4) is 0 Å². The lowest BCUT2D eigenvalue weighted by Crippen LogP contribution is -2.63. The van der Waals surface area contributed by atoms with Gasteiger partial charge >= 0.3 is 0 Å². The summed E-state index contributed by atoms with van der Waals surface area (Å²) in [5.41, 5.74) is 40.2. The van der Waals surface area contributed by atoms with Gasteiger partial charge in [0.2, 0.25) is 5.95 Å². The average molecular weight is 864 g/mol. The number of nitrogens with two attached hydrogens (primary N) is 4. The van der Waals surface area contributed by atoms with E-state index in [0.29, 0.717) is 63.6 Å². The number of hydrazine groups is 6. The highest BCUT2D eigenvalue weighted by molar-refractivity contribution is 6.32. The number of amides is 2. The number of piperidine rings is 2. The Morgan fingerprint density at radius 1 is 0.864 bits per heavy atom. The molecule has 3 fully saturated rings. The molecule has 0 aromatic carbocycles. The predicted molar refractivity (Wildman–Crippen MR) is 220 cm³/mol. The minimum atomic E-state index is -0.911. The summed E-state index contributed by atoms with van der Waals surface area (Å²) >= 11 is 13.8. The molecule has 59 heavy (non-hydrogen) atoms. The number of aromatic nitrogens is 3. The molecule has 6 aliphatic heterocycles. The highest BCUT2D eigenvalue weighted by atomic mass is 35.5. The third-order valence-electron chi connectivity index (χ3n) is 11.2. The molecule has 26 heteroatoms. The van der Waals surface area contributed by atoms with Crippen molar-refractivity contribution in [1.29, 1.82) is 0 Å². The van der Waals surface area contributed by atoms with E-state index >= 15 is 0 Å². The second-order valence-corrected chi connectivity index (χ2v) is 15.9. The van der Waals surface area contributed by atoms with Crippen molar-refractivity contribution in [3.8, 4) is 0 Å². The maximum atomic E-state index is 14.2. The smallest absolute Gasteiger partial charge is 0.277 e. The van der Waals surface area contributed by atoms with Gasteiger partial charge in [-0.15, -0.1) is 0 Å². The molecule has 1 aromatic heterocycles. The minimum Gasteiger partial charge on any atom is -0.384 e. The number of nitrogens with one attached hydrogen (secondary N) is 8. The summed E-state index contributed by atoms with van der Waals surface area (Å²) < 4.78 is 0. The zero-order valence-corrected chi connectivity index (χ0v) is 34.6. The van der Waals surface area contributed by atoms with Crippen LogP contribution in [0.25, 0.3) is 0 Å². The van der Waals surface area contributed by atoms with Crippen molar-refractivity contribution >= 4 is 52.6 Å². The van der Waals surface area contributed by atoms with Crippen molar-refractivity contribution < 1.29 is 9.59 Å². The Morgan fingerprint density at radius 2 is 1.51 bits per heavy atom. The second kappa shape index (κ2) is 19.3. The molecule has 2 amide bonds. The van der Waals surface area contributed by atoms with E-state index in [2.05, 4.69) is 58.4 Å². The number of hydrogen-bond acceptors (Lipinski definition) is 22. The average Bonchev–Trinajstić information content (AvgIpc) is 3.23. The third-order valence-corrected chi connectivity index (χ3v) is 12.0. The van der Waals surface area contributed by atoms with Crippen LogP contribution in [0.5, 0.6) is 0 Å². The van der Waals surface area contributed by atoms with Gasteiger partial charge in [0.15, 0.2) is 28.2 Å². The van der Waals surface area contributed by atoms with Gasteiger partial charge in [0.05, 0.1) is 13.3 Å². The Bertz CT molecular complexity index is 1810. The van der Waals surface area contributed by atoms with Crippen LogP contribution in [0.2, 0.25) is 0 Å². The molecule has 324 valence electrons. The topological polar surface area (TPSA) is 314 Å². The van der Waals surface area contributed by atoms with Crippen LogP contribution in [0.15, 0.2) is 33.0 Å². The summed E-state index contributed by atoms with van der Waals surface area (Å²) in [6.45, 7) is 2.53. The molecule has 1 aliphatic carbocycles. The van der Waals surface area contributed by atoms with Gasteiger partial charge < -0.3 is 38.5 Å². The largest absolute Gasteiger partial charge is 0.384 e. The Balaban J connectivity index is 1.10. The first-order chi connectivity index (χ1) is 28.5. The molecule has 7 aliphatic rings. The zero-order valence-electron chi connectivity index (χ0n) is 33.1. The van der Waals surface area contributed by atoms with E-state index in [0.717, 1.165) is 37.3 Å². The molecule has 7 heterocycles. The van der Waals surface area contributed by atoms with E-state index in [4.69, 9.17) is 61.1 Å². The quantitative estimate of drug-likeness (QED) is 0.0463. The van der Waals surface area contributed by atoms with E-state index in [1.165, 1.54) is 11.3 Å². The number of fused-ring (bicyclic) bond motifs is 9. The van der Waals surface area contributed by atoms with Crippen LogP contribution in [-0.4, -0.2) is 134 Å². The first-order valence-electron chi connectivity index (χ1n) is 20.0. The van der Waals surface area contributed by atoms with E-state index in [9.17, 15) is 9.59 Å². The minimum absolute atomic E-state index is 0.00236. The molecule has 24 nitrogen and oxygen atoms in total. The molecule has 8 rings (SSSR count). The van der Waals surface area contributed by atoms with Crippen molar-refractivity contribution in [1.82, 2.24) is 78.0 Å². The van der Waals surface area contributed by atoms with E-state index < -0.39 is 16.9 Å². The standard InChI is InChI=1S/C33H56Cl2N22O2/c1-40-51-43-16-53-17-44-52-42-15-41-31-24(35)57(22(32(53)59)26(37)47-31)55-13-9-19(10-14-55)30-48-29(49-33(50-30)45-20-5-3-2-4-6-20)18-7-11-54(12-8-18)56-21(28(39)58)25(36)46-27(38)23(56)34/h18-20,23-24,40,42-44,51-52H,2-17,36-37H2,1H3,(H2,38,46)(H2,39,58)(H,41,47)(H,45,48,49,50). The highest BCUT2D eigenvalue weighted by Gasteiger charge is 2.42. The fourth-order valence-corrected chi connectivity index (χ4v) is 8.84. The van der Waals surface area contributed by atoms with E-state index in [1.54, 1.807) is 17.1 Å². The van der Waals surface area contributed by atoms with Gasteiger partial charge in [-0.05, 0) is 45.6 Å². The Labute approximate surface area is 352 Å². The zero-order chi connectivity index (χ0) is 41.6. The molecule has 16 N–H and O–H groups in total. The lowest BCUT2D eigenvalue weighted by molar-refractivity contribution is -0.134. The summed E-state index contributed by atoms with van der Waals surface area (Å²) in [5.74, 6) is 1.48. The molecule has 2 saturated heterocycles. The van der Waals surface area contributed by atoms with E-state index in [-0.39, 0.29) is 72.7 Å². The summed E-state index contributed by atoms with van der Waals surface area (Å²) in [6.07, 6.45) is 8.35. The van der Waals surface area contributed by atoms with Crippen LogP contribution in [0.1, 0.15) is 81.3 Å². The number of hydrogen-bond donors (Lipinski definition) is 12. The molecule has 1 aromatic rings. The summed E-state index contributed by atoms with van der Waals surface area (Å²) in [7, 11) is 1.71. The van der Waals surface area contributed by atoms with Gasteiger partial charge in [-0.3, -0.25) is 24.6 Å². The van der Waals surface area contributed by atoms with Gasteiger partial charge in [0.1, 0.15) is 35.8 Å². The number of alkyl halides is 2. The number of aliphatic imine (C=N–C) groups is 2. The number of nitrogens with zero attached hydrogens (tertiary/aromatic N) is 10. The van der Waals surface area contributed by atoms with Crippen molar-refractivity contribution in [2.75, 3.05) is 58.5 Å². The second-order valence-electron chi connectivity index (χ2n) is 15.1. The number of carbonyl (C=O) groups excluding carboxylic acids is 2. The first-order valence-corrected chi connectivity index (χ1v) is 20.9. The lowest BCUT2D eigenvalue weighted by atomic mass is 9.94. The van der Waals surface area contributed by atoms with Gasteiger partial charge in [-0.1, -0.05) is 42.5 Å². The van der Waals surface area contributed by atoms with Crippen LogP contribution in [-0.2, 0) is 9.59 Å². The molecule has 1 saturated carbocycles. The van der Waals surface area contributed by atoms with Crippen LogP contribution < -0.4 is 66.3 Å². The van der Waals surface area contributed by atoms with Crippen LogP contribution in [0, 0.1) is 0 Å². The molecule has 0 spiro atoms. The first kappa shape index (κ1) is 42.7. The molecule has 2 bridgehead atoms. The molecular weight excluding hydrogens is 807 g/mol. The monoisotopic (exact) mass is 862 g/mol. The predicted octanol–water partition coefficient (Wildman–Crippen LogP) is -2.81. The molecule has 2 unspecified atom stereocenters. The maximum absolute atomic E-state index is 14.2. The maximum Gasteiger partial charge on any atom is 0.277 e. The Kier molecular flexibility index (Phi) is 14.0. The van der Waals surface area contributed by atoms with Gasteiger partial charge in [0.25, 0.3) is 11.8 Å². The molecular formula is C33H56Cl2N22O2. The number of rotatable bonds is 11. The highest BCUT2D eigenvalue weighted by Crippen LogP contribution is 2.35. The fraction of sp³-hybridized carbons (Fsp3) is 0.667. The Hall–Kier alpha value is -4.37. The summed E-state index contributed by atoms with van der Waals surface area (Å²) in [4.78, 5) is 52.0. The number of amidine groups is 2. The molecule has 0 radical (unpaired) electrons. The number of primary amides is 1. The van der Waals surface area contributed by atoms with Gasteiger partial charge in [0, 0.05) is 44.1 Å². The van der Waals surface area contributed by atoms with Crippen molar-refractivity contribution in [3.63, 3.8) is 0 Å². The normalized spacial score (nSPS) is 25.4. The van der Waals surface area contributed by atoms with Gasteiger partial charge in [-0.2, -0.15) is 21.0 Å². The SMILES string of the molecule is CNNNCN1CNNNCN=C2NC(N)=C(C1=O)N(N1CCC(c3nc(NC4CCCCC4)nc(C4CCN(N5C(C(N)=O)=C(N)N=C(N)C5Cl)CC4)n3)CC1)C2Cl. The van der Waals surface area contributed by atoms with E-state index in [1.807, 2.05) is 5.01 Å². The van der Waals surface area contributed by atoms with Crippen molar-refractivity contribution in [3.05, 3.63) is 34.7 Å². The number of halogens is 2. The lowest BCUT2D eigenvalue weighted by Gasteiger charge is -2.46. The number of anilines is 1. The Morgan fingerprint density at radius 3 is 2.14 bits per heavy atom. The summed E-state index contributed by atoms with van der Waals surface area (Å²) in [6, 6.07) is 0.287. The van der Waals surface area contributed by atoms with Crippen molar-refractivity contribution in [2.24, 2.45) is 32.9 Å².